The zero-order chi connectivity index (χ0) is 20.0. The molecule has 0 aromatic heterocycles. The van der Waals surface area contributed by atoms with Crippen molar-refractivity contribution < 1.29 is 36.2 Å². The van der Waals surface area contributed by atoms with Crippen LogP contribution in [0.15, 0.2) is 18.2 Å². The van der Waals surface area contributed by atoms with E-state index in [2.05, 4.69) is 0 Å². The van der Waals surface area contributed by atoms with Crippen LogP contribution in [0, 0.1) is 5.92 Å². The van der Waals surface area contributed by atoms with E-state index in [9.17, 15) is 36.2 Å². The number of hydrogen-bond donors (Lipinski definition) is 1. The van der Waals surface area contributed by atoms with Gasteiger partial charge in [0.05, 0.1) is 11.1 Å². The molecule has 27 heavy (non-hydrogen) atoms. The molecule has 3 unspecified atom stereocenters. The van der Waals surface area contributed by atoms with Crippen molar-refractivity contribution in [1.29, 1.82) is 0 Å². The van der Waals surface area contributed by atoms with Crippen LogP contribution in [0.4, 0.5) is 26.3 Å². The molecule has 1 N–H and O–H groups in total. The summed E-state index contributed by atoms with van der Waals surface area (Å²) in [6.45, 7) is -0.245. The van der Waals surface area contributed by atoms with Crippen LogP contribution in [0.5, 0.6) is 0 Å². The Morgan fingerprint density at radius 2 is 1.56 bits per heavy atom. The molecule has 1 aliphatic heterocycles. The first-order valence-corrected chi connectivity index (χ1v) is 8.73. The third-order valence-corrected chi connectivity index (χ3v) is 5.52. The topological polar surface area (TPSA) is 40.5 Å². The Morgan fingerprint density at radius 1 is 1.00 bits per heavy atom. The van der Waals surface area contributed by atoms with Gasteiger partial charge in [-0.3, -0.25) is 9.69 Å². The number of alkyl halides is 6. The van der Waals surface area contributed by atoms with E-state index < -0.39 is 35.5 Å². The number of halogens is 6. The van der Waals surface area contributed by atoms with Gasteiger partial charge in [-0.1, -0.05) is 12.8 Å². The lowest BCUT2D eigenvalue weighted by Crippen LogP contribution is -2.41. The highest BCUT2D eigenvalue weighted by Crippen LogP contribution is 2.42. The van der Waals surface area contributed by atoms with Crippen LogP contribution in [-0.2, 0) is 23.7 Å². The van der Waals surface area contributed by atoms with Crippen molar-refractivity contribution in [3.8, 4) is 0 Å². The van der Waals surface area contributed by atoms with E-state index in [0.29, 0.717) is 25.0 Å². The van der Waals surface area contributed by atoms with Gasteiger partial charge in [0.1, 0.15) is 6.04 Å². The van der Waals surface area contributed by atoms with Crippen molar-refractivity contribution in [1.82, 2.24) is 4.90 Å². The molecule has 1 aromatic rings. The molecule has 3 nitrogen and oxygen atoms in total. The van der Waals surface area contributed by atoms with Crippen molar-refractivity contribution in [2.75, 3.05) is 0 Å². The molecule has 2 fully saturated rings. The molecule has 3 rings (SSSR count). The van der Waals surface area contributed by atoms with Gasteiger partial charge >= 0.3 is 18.3 Å². The molecular formula is C18H19F6NO2. The molecule has 150 valence electrons. The molecule has 1 saturated heterocycles. The third-order valence-electron chi connectivity index (χ3n) is 5.52. The first-order valence-electron chi connectivity index (χ1n) is 8.73. The molecule has 2 aliphatic rings. The molecule has 1 saturated carbocycles. The summed E-state index contributed by atoms with van der Waals surface area (Å²) in [6, 6.07) is 0.450. The highest BCUT2D eigenvalue weighted by molar-refractivity contribution is 5.74. The number of carboxylic acid groups (broad SMARTS) is 1. The molecule has 0 amide bonds. The van der Waals surface area contributed by atoms with Crippen LogP contribution in [-0.4, -0.2) is 28.1 Å². The second-order valence-electron chi connectivity index (χ2n) is 7.29. The first kappa shape index (κ1) is 20.0. The minimum atomic E-state index is -4.92. The van der Waals surface area contributed by atoms with Crippen molar-refractivity contribution >= 4 is 5.97 Å². The number of hydrogen-bond acceptors (Lipinski definition) is 2. The molecule has 0 radical (unpaired) electrons. The van der Waals surface area contributed by atoms with Crippen LogP contribution in [0.1, 0.15) is 48.8 Å². The van der Waals surface area contributed by atoms with E-state index in [1.807, 2.05) is 0 Å². The van der Waals surface area contributed by atoms with E-state index in [-0.39, 0.29) is 30.1 Å². The van der Waals surface area contributed by atoms with E-state index in [1.165, 1.54) is 0 Å². The molecule has 1 aromatic carbocycles. The minimum Gasteiger partial charge on any atom is -0.480 e. The summed E-state index contributed by atoms with van der Waals surface area (Å²) in [5.41, 5.74) is -2.92. The maximum absolute atomic E-state index is 13.0. The molecular weight excluding hydrogens is 376 g/mol. The SMILES string of the molecule is O=C(O)C1CC2CCCCC2N1Cc1cc(C(F)(F)F)cc(C(F)(F)F)c1. The average molecular weight is 395 g/mol. The molecule has 1 aliphatic carbocycles. The highest BCUT2D eigenvalue weighted by atomic mass is 19.4. The summed E-state index contributed by atoms with van der Waals surface area (Å²) in [7, 11) is 0. The van der Waals surface area contributed by atoms with Crippen molar-refractivity contribution in [3.63, 3.8) is 0 Å². The van der Waals surface area contributed by atoms with Gasteiger partial charge < -0.3 is 5.11 Å². The van der Waals surface area contributed by atoms with Gasteiger partial charge in [0, 0.05) is 12.6 Å². The number of benzene rings is 1. The predicted octanol–water partition coefficient (Wildman–Crippen LogP) is 4.94. The molecule has 0 bridgehead atoms. The van der Waals surface area contributed by atoms with Crippen LogP contribution in [0.2, 0.25) is 0 Å². The minimum absolute atomic E-state index is 0.0889. The Morgan fingerprint density at radius 3 is 2.07 bits per heavy atom. The lowest BCUT2D eigenvalue weighted by atomic mass is 9.84. The second kappa shape index (κ2) is 7.00. The lowest BCUT2D eigenvalue weighted by molar-refractivity contribution is -0.145. The van der Waals surface area contributed by atoms with Crippen LogP contribution < -0.4 is 0 Å². The third kappa shape index (κ3) is 4.23. The number of fused-ring (bicyclic) bond motifs is 1. The fraction of sp³-hybridized carbons (Fsp3) is 0.611. The van der Waals surface area contributed by atoms with Gasteiger partial charge in [-0.15, -0.1) is 0 Å². The fourth-order valence-corrected chi connectivity index (χ4v) is 4.34. The molecule has 0 spiro atoms. The number of aliphatic carboxylic acids is 1. The predicted molar refractivity (Wildman–Crippen MR) is 83.8 cm³/mol. The number of carbonyl (C=O) groups is 1. The average Bonchev–Trinajstić information content (AvgIpc) is 2.92. The van der Waals surface area contributed by atoms with Gasteiger partial charge in [0.15, 0.2) is 0 Å². The monoisotopic (exact) mass is 395 g/mol. The Kier molecular flexibility index (Phi) is 5.18. The highest BCUT2D eigenvalue weighted by Gasteiger charge is 2.45. The Bertz CT molecular complexity index is 683. The summed E-state index contributed by atoms with van der Waals surface area (Å²) in [6.07, 6.45) is -6.07. The zero-order valence-electron chi connectivity index (χ0n) is 14.3. The summed E-state index contributed by atoms with van der Waals surface area (Å²) in [4.78, 5) is 13.2. The van der Waals surface area contributed by atoms with Crippen LogP contribution >= 0.6 is 0 Å². The standard InChI is InChI=1S/C18H19F6NO2/c19-17(20,21)12-5-10(6-13(8-12)18(22,23)24)9-25-14-4-2-1-3-11(14)7-15(25)16(26)27/h5-6,8,11,14-15H,1-4,7,9H2,(H,26,27). The lowest BCUT2D eigenvalue weighted by Gasteiger charge is -2.33. The molecule has 1 heterocycles. The van der Waals surface area contributed by atoms with E-state index >= 15 is 0 Å². The van der Waals surface area contributed by atoms with Gasteiger partial charge in [0.25, 0.3) is 0 Å². The van der Waals surface area contributed by atoms with E-state index in [4.69, 9.17) is 0 Å². The smallest absolute Gasteiger partial charge is 0.416 e. The van der Waals surface area contributed by atoms with Crippen LogP contribution in [0.3, 0.4) is 0 Å². The molecule has 3 atom stereocenters. The van der Waals surface area contributed by atoms with Gasteiger partial charge in [-0.25, -0.2) is 0 Å². The zero-order valence-corrected chi connectivity index (χ0v) is 14.3. The Labute approximate surface area is 152 Å². The van der Waals surface area contributed by atoms with Crippen molar-refractivity contribution in [2.45, 2.75) is 63.1 Å². The summed E-state index contributed by atoms with van der Waals surface area (Å²) in [5.74, 6) is -0.972. The summed E-state index contributed by atoms with van der Waals surface area (Å²) >= 11 is 0. The maximum Gasteiger partial charge on any atom is 0.416 e. The van der Waals surface area contributed by atoms with Gasteiger partial charge in [0.2, 0.25) is 0 Å². The van der Waals surface area contributed by atoms with Crippen LogP contribution in [0.25, 0.3) is 0 Å². The second-order valence-corrected chi connectivity index (χ2v) is 7.29. The number of rotatable bonds is 3. The Balaban J connectivity index is 1.96. The quantitative estimate of drug-likeness (QED) is 0.737. The summed E-state index contributed by atoms with van der Waals surface area (Å²) < 4.78 is 78.3. The normalized spacial score (nSPS) is 26.8. The first-order chi connectivity index (χ1) is 12.5. The largest absolute Gasteiger partial charge is 0.480 e. The number of nitrogens with zero attached hydrogens (tertiary/aromatic N) is 1. The molecule has 9 heteroatoms. The number of carboxylic acids is 1. The summed E-state index contributed by atoms with van der Waals surface area (Å²) in [5, 5.41) is 9.47. The van der Waals surface area contributed by atoms with Crippen molar-refractivity contribution in [2.24, 2.45) is 5.92 Å². The van der Waals surface area contributed by atoms with E-state index in [1.54, 1.807) is 4.90 Å². The van der Waals surface area contributed by atoms with Gasteiger partial charge in [-0.2, -0.15) is 26.3 Å². The number of likely N-dealkylation sites (tertiary alicyclic amines) is 1. The fourth-order valence-electron chi connectivity index (χ4n) is 4.34. The Hall–Kier alpha value is -1.77. The maximum atomic E-state index is 13.0. The van der Waals surface area contributed by atoms with E-state index in [0.717, 1.165) is 19.3 Å². The van der Waals surface area contributed by atoms with Crippen molar-refractivity contribution in [3.05, 3.63) is 34.9 Å². The van der Waals surface area contributed by atoms with Gasteiger partial charge in [-0.05, 0) is 48.9 Å².